The molecule has 0 aromatic heterocycles. The Labute approximate surface area is 109 Å². The predicted octanol–water partition coefficient (Wildman–Crippen LogP) is 2.67. The molecule has 1 aromatic rings. The molecule has 1 heterocycles. The molecule has 2 rings (SSSR count). The number of piperidine rings is 1. The zero-order chi connectivity index (χ0) is 13.0. The van der Waals surface area contributed by atoms with Crippen molar-refractivity contribution in [3.8, 4) is 0 Å². The van der Waals surface area contributed by atoms with Crippen molar-refractivity contribution in [2.45, 2.75) is 38.6 Å². The van der Waals surface area contributed by atoms with Crippen molar-refractivity contribution in [1.29, 1.82) is 0 Å². The van der Waals surface area contributed by atoms with Crippen LogP contribution in [-0.2, 0) is 11.2 Å². The Morgan fingerprint density at radius 1 is 1.33 bits per heavy atom. The van der Waals surface area contributed by atoms with Crippen LogP contribution >= 0.6 is 0 Å². The van der Waals surface area contributed by atoms with Gasteiger partial charge in [-0.3, -0.25) is 9.69 Å². The highest BCUT2D eigenvalue weighted by Crippen LogP contribution is 2.17. The fourth-order valence-corrected chi connectivity index (χ4v) is 2.46. The number of aryl methyl sites for hydroxylation is 1. The third-order valence-electron chi connectivity index (χ3n) is 3.70. The first-order chi connectivity index (χ1) is 8.70. The van der Waals surface area contributed by atoms with Crippen LogP contribution in [0.3, 0.4) is 0 Å². The van der Waals surface area contributed by atoms with Crippen LogP contribution in [0.1, 0.15) is 31.7 Å². The zero-order valence-corrected chi connectivity index (χ0v) is 11.3. The van der Waals surface area contributed by atoms with Crippen LogP contribution in [0, 0.1) is 0 Å². The third kappa shape index (κ3) is 3.10. The molecule has 0 bridgehead atoms. The number of benzene rings is 1. The molecule has 0 aliphatic carbocycles. The maximum absolute atomic E-state index is 12.2. The smallest absolute Gasteiger partial charge is 0.241 e. The number of hydrogen-bond acceptors (Lipinski definition) is 2. The van der Waals surface area contributed by atoms with Crippen LogP contribution < -0.4 is 5.32 Å². The van der Waals surface area contributed by atoms with Crippen molar-refractivity contribution >= 4 is 11.6 Å². The predicted molar refractivity (Wildman–Crippen MR) is 74.7 cm³/mol. The fraction of sp³-hybridized carbons (Fsp3) is 0.533. The van der Waals surface area contributed by atoms with E-state index in [-0.39, 0.29) is 11.9 Å². The Kier molecular flexibility index (Phi) is 4.37. The van der Waals surface area contributed by atoms with Crippen molar-refractivity contribution in [1.82, 2.24) is 4.90 Å². The van der Waals surface area contributed by atoms with Gasteiger partial charge in [0.05, 0.1) is 6.04 Å². The molecule has 18 heavy (non-hydrogen) atoms. The molecule has 98 valence electrons. The van der Waals surface area contributed by atoms with Crippen LogP contribution in [-0.4, -0.2) is 30.4 Å². The van der Waals surface area contributed by atoms with Gasteiger partial charge in [0.15, 0.2) is 0 Å². The maximum atomic E-state index is 12.2. The topological polar surface area (TPSA) is 32.3 Å². The van der Waals surface area contributed by atoms with E-state index in [9.17, 15) is 4.79 Å². The highest BCUT2D eigenvalue weighted by Gasteiger charge is 2.25. The summed E-state index contributed by atoms with van der Waals surface area (Å²) in [5.74, 6) is 0.126. The van der Waals surface area contributed by atoms with Gasteiger partial charge in [0, 0.05) is 5.69 Å². The van der Waals surface area contributed by atoms with E-state index in [1.165, 1.54) is 12.0 Å². The van der Waals surface area contributed by atoms with Gasteiger partial charge in [-0.2, -0.15) is 0 Å². The summed E-state index contributed by atoms with van der Waals surface area (Å²) in [5.41, 5.74) is 2.19. The van der Waals surface area contributed by atoms with Gasteiger partial charge in [-0.05, 0) is 50.6 Å². The molecule has 0 radical (unpaired) electrons. The zero-order valence-electron chi connectivity index (χ0n) is 11.3. The number of anilines is 1. The number of likely N-dealkylation sites (N-methyl/N-ethyl adjacent to an activating group) is 1. The summed E-state index contributed by atoms with van der Waals surface area (Å²) in [6.07, 6.45) is 4.34. The number of carbonyl (C=O) groups excluding carboxylic acids is 1. The molecule has 1 aliphatic heterocycles. The van der Waals surface area contributed by atoms with Gasteiger partial charge < -0.3 is 5.32 Å². The Hall–Kier alpha value is -1.35. The molecule has 1 unspecified atom stereocenters. The molecule has 1 N–H and O–H groups in total. The van der Waals surface area contributed by atoms with Crippen molar-refractivity contribution in [3.63, 3.8) is 0 Å². The molecule has 1 atom stereocenters. The molecule has 0 saturated carbocycles. The SMILES string of the molecule is CCc1ccc(NC(=O)C2CCCCN2C)cc1. The van der Waals surface area contributed by atoms with Gasteiger partial charge in [0.1, 0.15) is 0 Å². The van der Waals surface area contributed by atoms with E-state index in [1.807, 2.05) is 19.2 Å². The Morgan fingerprint density at radius 2 is 2.06 bits per heavy atom. The lowest BCUT2D eigenvalue weighted by molar-refractivity contribution is -0.121. The number of hydrogen-bond donors (Lipinski definition) is 1. The first-order valence-electron chi connectivity index (χ1n) is 6.80. The van der Waals surface area contributed by atoms with E-state index < -0.39 is 0 Å². The second kappa shape index (κ2) is 6.01. The van der Waals surface area contributed by atoms with Crippen LogP contribution in [0.15, 0.2) is 24.3 Å². The summed E-state index contributed by atoms with van der Waals surface area (Å²) in [4.78, 5) is 14.3. The minimum Gasteiger partial charge on any atom is -0.325 e. The molecule has 3 heteroatoms. The normalized spacial score (nSPS) is 20.7. The van der Waals surface area contributed by atoms with Gasteiger partial charge in [0.25, 0.3) is 0 Å². The highest BCUT2D eigenvalue weighted by atomic mass is 16.2. The van der Waals surface area contributed by atoms with Gasteiger partial charge in [-0.25, -0.2) is 0 Å². The number of likely N-dealkylation sites (tertiary alicyclic amines) is 1. The summed E-state index contributed by atoms with van der Waals surface area (Å²) in [5, 5.41) is 3.01. The number of rotatable bonds is 3. The van der Waals surface area contributed by atoms with Crippen LogP contribution in [0.2, 0.25) is 0 Å². The molecular formula is C15H22N2O. The molecule has 1 aromatic carbocycles. The van der Waals surface area contributed by atoms with Crippen molar-refractivity contribution in [3.05, 3.63) is 29.8 Å². The van der Waals surface area contributed by atoms with E-state index in [1.54, 1.807) is 0 Å². The quantitative estimate of drug-likeness (QED) is 0.889. The number of carbonyl (C=O) groups is 1. The molecule has 1 saturated heterocycles. The van der Waals surface area contributed by atoms with Gasteiger partial charge in [0.2, 0.25) is 5.91 Å². The summed E-state index contributed by atoms with van der Waals surface area (Å²) < 4.78 is 0. The molecular weight excluding hydrogens is 224 g/mol. The molecule has 1 fully saturated rings. The first-order valence-corrected chi connectivity index (χ1v) is 6.80. The van der Waals surface area contributed by atoms with Crippen LogP contribution in [0.25, 0.3) is 0 Å². The van der Waals surface area contributed by atoms with E-state index in [2.05, 4.69) is 29.3 Å². The van der Waals surface area contributed by atoms with Gasteiger partial charge >= 0.3 is 0 Å². The summed E-state index contributed by atoms with van der Waals surface area (Å²) in [7, 11) is 2.03. The first kappa shape index (κ1) is 13.1. The highest BCUT2D eigenvalue weighted by molar-refractivity contribution is 5.94. The van der Waals surface area contributed by atoms with Gasteiger partial charge in [-0.1, -0.05) is 25.5 Å². The average Bonchev–Trinajstić information content (AvgIpc) is 2.40. The monoisotopic (exact) mass is 246 g/mol. The minimum atomic E-state index is 0.0320. The summed E-state index contributed by atoms with van der Waals surface area (Å²) in [6, 6.07) is 8.14. The summed E-state index contributed by atoms with van der Waals surface area (Å²) >= 11 is 0. The Morgan fingerprint density at radius 3 is 2.67 bits per heavy atom. The van der Waals surface area contributed by atoms with E-state index in [4.69, 9.17) is 0 Å². The lowest BCUT2D eigenvalue weighted by Gasteiger charge is -2.31. The van der Waals surface area contributed by atoms with Gasteiger partial charge in [-0.15, -0.1) is 0 Å². The van der Waals surface area contributed by atoms with E-state index >= 15 is 0 Å². The second-order valence-electron chi connectivity index (χ2n) is 5.03. The summed E-state index contributed by atoms with van der Waals surface area (Å²) in [6.45, 7) is 3.15. The fourth-order valence-electron chi connectivity index (χ4n) is 2.46. The minimum absolute atomic E-state index is 0.0320. The Balaban J connectivity index is 1.97. The van der Waals surface area contributed by atoms with Crippen molar-refractivity contribution in [2.75, 3.05) is 18.9 Å². The number of nitrogens with zero attached hydrogens (tertiary/aromatic N) is 1. The largest absolute Gasteiger partial charge is 0.325 e. The molecule has 1 amide bonds. The van der Waals surface area contributed by atoms with Crippen molar-refractivity contribution < 1.29 is 4.79 Å². The van der Waals surface area contributed by atoms with Crippen molar-refractivity contribution in [2.24, 2.45) is 0 Å². The van der Waals surface area contributed by atoms with E-state index in [0.717, 1.165) is 31.5 Å². The average molecular weight is 246 g/mol. The maximum Gasteiger partial charge on any atom is 0.241 e. The number of amides is 1. The molecule has 0 spiro atoms. The third-order valence-corrected chi connectivity index (χ3v) is 3.70. The standard InChI is InChI=1S/C15H22N2O/c1-3-12-7-9-13(10-8-12)16-15(18)14-6-4-5-11-17(14)2/h7-10,14H,3-6,11H2,1-2H3,(H,16,18). The van der Waals surface area contributed by atoms with E-state index in [0.29, 0.717) is 0 Å². The lowest BCUT2D eigenvalue weighted by Crippen LogP contribution is -2.44. The lowest BCUT2D eigenvalue weighted by atomic mass is 10.0. The van der Waals surface area contributed by atoms with Crippen LogP contribution in [0.4, 0.5) is 5.69 Å². The molecule has 3 nitrogen and oxygen atoms in total. The Bertz CT molecular complexity index is 399. The number of nitrogens with one attached hydrogen (secondary N) is 1. The molecule has 1 aliphatic rings. The van der Waals surface area contributed by atoms with Crippen LogP contribution in [0.5, 0.6) is 0 Å². The second-order valence-corrected chi connectivity index (χ2v) is 5.03.